The molecule has 19 heavy (non-hydrogen) atoms. The van der Waals surface area contributed by atoms with Gasteiger partial charge in [0.25, 0.3) is 0 Å². The minimum Gasteiger partial charge on any atom is -0.394 e. The average Bonchev–Trinajstić information content (AvgIpc) is 2.39. The van der Waals surface area contributed by atoms with Gasteiger partial charge in [-0.3, -0.25) is 0 Å². The van der Waals surface area contributed by atoms with Gasteiger partial charge in [0.1, 0.15) is 0 Å². The predicted molar refractivity (Wildman–Crippen MR) is 80.5 cm³/mol. The predicted octanol–water partition coefficient (Wildman–Crippen LogP) is 3.76. The lowest BCUT2D eigenvalue weighted by Crippen LogP contribution is -2.15. The number of benzene rings is 2. The minimum absolute atomic E-state index is 0.0684. The Morgan fingerprint density at radius 1 is 1.00 bits per heavy atom. The smallest absolute Gasteiger partial charge is 0.0745 e. The maximum absolute atomic E-state index is 9.61. The molecule has 0 heterocycles. The molecular formula is C17H21NO. The molecule has 2 rings (SSSR count). The van der Waals surface area contributed by atoms with Gasteiger partial charge in [-0.25, -0.2) is 0 Å². The van der Waals surface area contributed by atoms with Crippen LogP contribution in [0.4, 0.5) is 5.69 Å². The van der Waals surface area contributed by atoms with Crippen LogP contribution in [0.5, 0.6) is 0 Å². The van der Waals surface area contributed by atoms with E-state index in [-0.39, 0.29) is 12.6 Å². The second kappa shape index (κ2) is 5.89. The molecule has 0 aromatic heterocycles. The van der Waals surface area contributed by atoms with Crippen molar-refractivity contribution in [3.63, 3.8) is 0 Å². The first-order valence-electron chi connectivity index (χ1n) is 6.61. The molecule has 2 nitrogen and oxygen atoms in total. The van der Waals surface area contributed by atoms with Crippen LogP contribution in [0.2, 0.25) is 0 Å². The highest BCUT2D eigenvalue weighted by atomic mass is 16.3. The van der Waals surface area contributed by atoms with E-state index in [1.54, 1.807) is 0 Å². The Bertz CT molecular complexity index is 563. The van der Waals surface area contributed by atoms with Crippen molar-refractivity contribution in [3.8, 4) is 0 Å². The zero-order valence-corrected chi connectivity index (χ0v) is 11.8. The fourth-order valence-electron chi connectivity index (χ4n) is 2.15. The highest BCUT2D eigenvalue weighted by Gasteiger charge is 2.10. The van der Waals surface area contributed by atoms with Gasteiger partial charge in [0.05, 0.1) is 12.6 Å². The Morgan fingerprint density at radius 2 is 1.79 bits per heavy atom. The largest absolute Gasteiger partial charge is 0.394 e. The lowest BCUT2D eigenvalue weighted by Gasteiger charge is -2.19. The number of rotatable bonds is 4. The van der Waals surface area contributed by atoms with Gasteiger partial charge in [0.15, 0.2) is 0 Å². The third kappa shape index (κ3) is 3.36. The van der Waals surface area contributed by atoms with Crippen molar-refractivity contribution in [3.05, 3.63) is 64.7 Å². The number of hydrogen-bond acceptors (Lipinski definition) is 2. The molecule has 2 aromatic rings. The van der Waals surface area contributed by atoms with Crippen molar-refractivity contribution < 1.29 is 5.11 Å². The van der Waals surface area contributed by atoms with Gasteiger partial charge in [-0.05, 0) is 55.2 Å². The monoisotopic (exact) mass is 255 g/mol. The zero-order chi connectivity index (χ0) is 13.8. The molecule has 0 saturated carbocycles. The first kappa shape index (κ1) is 13.6. The van der Waals surface area contributed by atoms with Crippen LogP contribution < -0.4 is 5.32 Å². The SMILES string of the molecule is Cc1cccc(NC(CO)c2ccc(C)c(C)c2)c1. The molecule has 100 valence electrons. The molecule has 0 spiro atoms. The Hall–Kier alpha value is -1.80. The highest BCUT2D eigenvalue weighted by molar-refractivity contribution is 5.48. The molecule has 0 fully saturated rings. The number of aliphatic hydroxyl groups is 1. The lowest BCUT2D eigenvalue weighted by atomic mass is 10.0. The van der Waals surface area contributed by atoms with Gasteiger partial charge in [0, 0.05) is 5.69 Å². The molecule has 0 radical (unpaired) electrons. The third-order valence-corrected chi connectivity index (χ3v) is 3.47. The van der Waals surface area contributed by atoms with E-state index in [0.717, 1.165) is 11.3 Å². The zero-order valence-electron chi connectivity index (χ0n) is 11.8. The van der Waals surface area contributed by atoms with Crippen LogP contribution >= 0.6 is 0 Å². The topological polar surface area (TPSA) is 32.3 Å². The number of aliphatic hydroxyl groups excluding tert-OH is 1. The first-order valence-corrected chi connectivity index (χ1v) is 6.61. The summed E-state index contributed by atoms with van der Waals surface area (Å²) in [6.45, 7) is 6.34. The molecule has 0 saturated heterocycles. The van der Waals surface area contributed by atoms with Crippen LogP contribution in [0, 0.1) is 20.8 Å². The van der Waals surface area contributed by atoms with Gasteiger partial charge < -0.3 is 10.4 Å². The van der Waals surface area contributed by atoms with Crippen LogP contribution in [0.3, 0.4) is 0 Å². The summed E-state index contributed by atoms with van der Waals surface area (Å²) in [6.07, 6.45) is 0. The molecule has 0 aliphatic rings. The summed E-state index contributed by atoms with van der Waals surface area (Å²) >= 11 is 0. The summed E-state index contributed by atoms with van der Waals surface area (Å²) in [5.41, 5.74) is 5.89. The maximum atomic E-state index is 9.61. The van der Waals surface area contributed by atoms with Crippen LogP contribution in [0.1, 0.15) is 28.3 Å². The van der Waals surface area contributed by atoms with Crippen molar-refractivity contribution in [2.45, 2.75) is 26.8 Å². The van der Waals surface area contributed by atoms with E-state index in [1.807, 2.05) is 12.1 Å². The molecule has 2 heteroatoms. The van der Waals surface area contributed by atoms with E-state index in [4.69, 9.17) is 0 Å². The van der Waals surface area contributed by atoms with Crippen LogP contribution in [-0.4, -0.2) is 11.7 Å². The Kier molecular flexibility index (Phi) is 4.23. The fourth-order valence-corrected chi connectivity index (χ4v) is 2.15. The molecule has 0 amide bonds. The number of hydrogen-bond donors (Lipinski definition) is 2. The number of nitrogens with one attached hydrogen (secondary N) is 1. The molecule has 0 aliphatic carbocycles. The molecule has 1 unspecified atom stereocenters. The molecule has 0 aliphatic heterocycles. The van der Waals surface area contributed by atoms with E-state index in [2.05, 4.69) is 56.4 Å². The first-order chi connectivity index (χ1) is 9.10. The van der Waals surface area contributed by atoms with Crippen LogP contribution in [0.25, 0.3) is 0 Å². The normalized spacial score (nSPS) is 12.2. The molecule has 2 N–H and O–H groups in total. The molecule has 0 bridgehead atoms. The summed E-state index contributed by atoms with van der Waals surface area (Å²) < 4.78 is 0. The van der Waals surface area contributed by atoms with Crippen molar-refractivity contribution in [1.29, 1.82) is 0 Å². The second-order valence-electron chi connectivity index (χ2n) is 5.09. The van der Waals surface area contributed by atoms with Gasteiger partial charge >= 0.3 is 0 Å². The number of aryl methyl sites for hydroxylation is 3. The Balaban J connectivity index is 2.22. The summed E-state index contributed by atoms with van der Waals surface area (Å²) in [5, 5.41) is 13.0. The van der Waals surface area contributed by atoms with Crippen molar-refractivity contribution >= 4 is 5.69 Å². The standard InChI is InChI=1S/C17H21NO/c1-12-5-4-6-16(9-12)18-17(11-19)15-8-7-13(2)14(3)10-15/h4-10,17-19H,11H2,1-3H3. The Labute approximate surface area is 115 Å². The van der Waals surface area contributed by atoms with Gasteiger partial charge in [-0.2, -0.15) is 0 Å². The summed E-state index contributed by atoms with van der Waals surface area (Å²) in [7, 11) is 0. The maximum Gasteiger partial charge on any atom is 0.0745 e. The number of anilines is 1. The van der Waals surface area contributed by atoms with E-state index in [9.17, 15) is 5.11 Å². The highest BCUT2D eigenvalue weighted by Crippen LogP contribution is 2.22. The van der Waals surface area contributed by atoms with E-state index < -0.39 is 0 Å². The van der Waals surface area contributed by atoms with E-state index in [0.29, 0.717) is 0 Å². The molecule has 1 atom stereocenters. The van der Waals surface area contributed by atoms with Crippen molar-refractivity contribution in [2.75, 3.05) is 11.9 Å². The molecule has 2 aromatic carbocycles. The summed E-state index contributed by atoms with van der Waals surface area (Å²) in [5.74, 6) is 0. The van der Waals surface area contributed by atoms with E-state index >= 15 is 0 Å². The van der Waals surface area contributed by atoms with E-state index in [1.165, 1.54) is 16.7 Å². The van der Waals surface area contributed by atoms with Crippen molar-refractivity contribution in [2.24, 2.45) is 0 Å². The van der Waals surface area contributed by atoms with Crippen LogP contribution in [0.15, 0.2) is 42.5 Å². The van der Waals surface area contributed by atoms with Crippen LogP contribution in [-0.2, 0) is 0 Å². The van der Waals surface area contributed by atoms with Gasteiger partial charge in [-0.15, -0.1) is 0 Å². The third-order valence-electron chi connectivity index (χ3n) is 3.47. The van der Waals surface area contributed by atoms with Gasteiger partial charge in [-0.1, -0.05) is 30.3 Å². The summed E-state index contributed by atoms with van der Waals surface area (Å²) in [6, 6.07) is 14.4. The Morgan fingerprint density at radius 3 is 2.42 bits per heavy atom. The fraction of sp³-hybridized carbons (Fsp3) is 0.294. The minimum atomic E-state index is -0.0684. The lowest BCUT2D eigenvalue weighted by molar-refractivity contribution is 0.276. The van der Waals surface area contributed by atoms with Gasteiger partial charge in [0.2, 0.25) is 0 Å². The average molecular weight is 255 g/mol. The van der Waals surface area contributed by atoms with Crippen molar-refractivity contribution in [1.82, 2.24) is 0 Å². The molecular weight excluding hydrogens is 234 g/mol. The second-order valence-corrected chi connectivity index (χ2v) is 5.09. The summed E-state index contributed by atoms with van der Waals surface area (Å²) in [4.78, 5) is 0. The quantitative estimate of drug-likeness (QED) is 0.872.